The molecule has 0 unspecified atom stereocenters. The molecule has 0 fully saturated rings. The molecular weight excluding hydrogens is 320 g/mol. The second-order valence-corrected chi connectivity index (χ2v) is 5.41. The molecule has 4 N–H and O–H groups in total. The maximum Gasteiger partial charge on any atom is 0.0781 e. The molecule has 0 radical (unpaired) electrons. The van der Waals surface area contributed by atoms with Crippen LogP contribution in [0.25, 0.3) is 10.9 Å². The van der Waals surface area contributed by atoms with Crippen molar-refractivity contribution in [2.24, 2.45) is 0 Å². The van der Waals surface area contributed by atoms with Crippen LogP contribution in [0.1, 0.15) is 11.3 Å². The molecule has 0 aliphatic carbocycles. The zero-order chi connectivity index (χ0) is 11.0. The maximum atomic E-state index is 3.92. The lowest BCUT2D eigenvalue weighted by atomic mass is 10.1. The Bertz CT molecular complexity index is 503. The molecule has 2 nitrogen and oxygen atoms in total. The van der Waals surface area contributed by atoms with Gasteiger partial charge in [-0.25, -0.2) is 0 Å². The number of H-pyrrole nitrogens is 1. The van der Waals surface area contributed by atoms with E-state index >= 15 is 0 Å². The van der Waals surface area contributed by atoms with E-state index in [-0.39, 0.29) is 0 Å². The lowest BCUT2D eigenvalue weighted by Gasteiger charge is -1.99. The summed E-state index contributed by atoms with van der Waals surface area (Å²) in [6.45, 7) is 3.04. The predicted molar refractivity (Wildman–Crippen MR) is 69.9 cm³/mol. The van der Waals surface area contributed by atoms with Gasteiger partial charge in [0, 0.05) is 26.4 Å². The highest BCUT2D eigenvalue weighted by Gasteiger charge is 2.11. The molecule has 1 aromatic heterocycles. The normalized spacial score (nSPS) is 11.2. The topological polar surface area (TPSA) is 43.4 Å². The minimum absolute atomic E-state index is 0.928. The molecule has 0 amide bonds. The molecule has 4 heteroatoms. The number of rotatable bonds is 2. The minimum atomic E-state index is 0.928. The average Bonchev–Trinajstić information content (AvgIpc) is 2.46. The van der Waals surface area contributed by atoms with Gasteiger partial charge >= 0.3 is 0 Å². The van der Waals surface area contributed by atoms with Crippen molar-refractivity contribution in [3.8, 4) is 0 Å². The summed E-state index contributed by atoms with van der Waals surface area (Å²) in [5.74, 6) is 0. The van der Waals surface area contributed by atoms with E-state index in [1.54, 1.807) is 0 Å². The van der Waals surface area contributed by atoms with Gasteiger partial charge in [-0.05, 0) is 40.5 Å². The van der Waals surface area contributed by atoms with Crippen LogP contribution >= 0.6 is 31.9 Å². The second-order valence-electron chi connectivity index (χ2n) is 3.64. The number of hydrogen-bond donors (Lipinski definition) is 2. The van der Waals surface area contributed by atoms with E-state index < -0.39 is 0 Å². The summed E-state index contributed by atoms with van der Waals surface area (Å²) in [7, 11) is 0. The largest absolute Gasteiger partial charge is 0.357 e. The summed E-state index contributed by atoms with van der Waals surface area (Å²) in [6.07, 6.45) is 1.02. The number of hydrogen-bond acceptors (Lipinski definition) is 0. The van der Waals surface area contributed by atoms with Gasteiger partial charge in [-0.15, -0.1) is 0 Å². The van der Waals surface area contributed by atoms with Gasteiger partial charge in [0.15, 0.2) is 0 Å². The lowest BCUT2D eigenvalue weighted by molar-refractivity contribution is -0.366. The van der Waals surface area contributed by atoms with Crippen LogP contribution in [-0.2, 0) is 6.42 Å². The smallest absolute Gasteiger partial charge is 0.0781 e. The van der Waals surface area contributed by atoms with Crippen molar-refractivity contribution in [2.45, 2.75) is 13.3 Å². The summed E-state index contributed by atoms with van der Waals surface area (Å²) >= 11 is 7.09. The van der Waals surface area contributed by atoms with Crippen LogP contribution in [0.4, 0.5) is 0 Å². The van der Waals surface area contributed by atoms with Crippen molar-refractivity contribution in [3.63, 3.8) is 0 Å². The zero-order valence-electron chi connectivity index (χ0n) is 8.53. The molecule has 0 aliphatic rings. The van der Waals surface area contributed by atoms with E-state index in [4.69, 9.17) is 0 Å². The fourth-order valence-corrected chi connectivity index (χ4v) is 3.23. The molecule has 0 spiro atoms. The number of halogens is 2. The van der Waals surface area contributed by atoms with Crippen LogP contribution in [-0.4, -0.2) is 11.5 Å². The van der Waals surface area contributed by atoms with E-state index in [0.717, 1.165) is 21.9 Å². The van der Waals surface area contributed by atoms with Crippen LogP contribution in [0.2, 0.25) is 0 Å². The van der Waals surface area contributed by atoms with E-state index in [0.29, 0.717) is 0 Å². The first-order valence-electron chi connectivity index (χ1n) is 4.89. The first-order valence-corrected chi connectivity index (χ1v) is 6.47. The van der Waals surface area contributed by atoms with Gasteiger partial charge in [0.1, 0.15) is 0 Å². The standard InChI is InChI=1S/C11H12Br2N2/c1-6-8(2-3-14)9-4-7(12)5-10(13)11(9)15-6/h4-5,15H,2-3,14H2,1H3/p+1. The molecule has 80 valence electrons. The van der Waals surface area contributed by atoms with E-state index in [1.807, 2.05) is 0 Å². The molecule has 1 aromatic carbocycles. The number of aromatic nitrogens is 1. The van der Waals surface area contributed by atoms with Crippen molar-refractivity contribution in [1.82, 2.24) is 4.98 Å². The number of nitrogens with one attached hydrogen (secondary N) is 1. The van der Waals surface area contributed by atoms with Crippen LogP contribution < -0.4 is 5.73 Å². The predicted octanol–water partition coefficient (Wildman–Crippen LogP) is 2.79. The number of benzene rings is 1. The van der Waals surface area contributed by atoms with E-state index in [9.17, 15) is 0 Å². The highest BCUT2D eigenvalue weighted by Crippen LogP contribution is 2.31. The quantitative estimate of drug-likeness (QED) is 0.849. The van der Waals surface area contributed by atoms with Gasteiger partial charge in [0.05, 0.1) is 12.1 Å². The molecule has 0 bridgehead atoms. The monoisotopic (exact) mass is 331 g/mol. The van der Waals surface area contributed by atoms with Crippen molar-refractivity contribution < 1.29 is 5.73 Å². The molecule has 2 aromatic rings. The Kier molecular flexibility index (Phi) is 3.19. The molecule has 0 aliphatic heterocycles. The second kappa shape index (κ2) is 4.28. The van der Waals surface area contributed by atoms with Crippen LogP contribution in [0, 0.1) is 6.92 Å². The van der Waals surface area contributed by atoms with Crippen LogP contribution in [0.5, 0.6) is 0 Å². The summed E-state index contributed by atoms with van der Waals surface area (Å²) < 4.78 is 2.21. The average molecular weight is 333 g/mol. The Balaban J connectivity index is 2.74. The van der Waals surface area contributed by atoms with Crippen molar-refractivity contribution in [3.05, 3.63) is 32.3 Å². The number of quaternary nitrogens is 1. The van der Waals surface area contributed by atoms with Gasteiger partial charge in [-0.3, -0.25) is 0 Å². The molecule has 0 atom stereocenters. The zero-order valence-corrected chi connectivity index (χ0v) is 11.7. The molecule has 0 saturated carbocycles. The summed E-state index contributed by atoms with van der Waals surface area (Å²) in [5.41, 5.74) is 7.72. The first kappa shape index (κ1) is 11.2. The molecule has 1 heterocycles. The van der Waals surface area contributed by atoms with E-state index in [1.165, 1.54) is 22.2 Å². The number of fused-ring (bicyclic) bond motifs is 1. The van der Waals surface area contributed by atoms with Gasteiger partial charge in [0.2, 0.25) is 0 Å². The van der Waals surface area contributed by atoms with Crippen molar-refractivity contribution >= 4 is 42.8 Å². The highest BCUT2D eigenvalue weighted by atomic mass is 79.9. The van der Waals surface area contributed by atoms with Gasteiger partial charge < -0.3 is 10.7 Å². The Hall–Kier alpha value is -0.320. The minimum Gasteiger partial charge on any atom is -0.357 e. The Morgan fingerprint density at radius 3 is 2.73 bits per heavy atom. The fraction of sp³-hybridized carbons (Fsp3) is 0.273. The fourth-order valence-electron chi connectivity index (χ4n) is 1.90. The van der Waals surface area contributed by atoms with Crippen LogP contribution in [0.15, 0.2) is 21.1 Å². The van der Waals surface area contributed by atoms with Gasteiger partial charge in [-0.1, -0.05) is 15.9 Å². The maximum absolute atomic E-state index is 3.92. The Morgan fingerprint density at radius 2 is 2.07 bits per heavy atom. The Labute approximate surface area is 105 Å². The van der Waals surface area contributed by atoms with Crippen molar-refractivity contribution in [2.75, 3.05) is 6.54 Å². The molecular formula is C11H13Br2N2+. The SMILES string of the molecule is Cc1[nH]c2c(Br)cc(Br)cc2c1CC[NH3+]. The highest BCUT2D eigenvalue weighted by molar-refractivity contribution is 9.11. The summed E-state index contributed by atoms with van der Waals surface area (Å²) in [4.78, 5) is 3.41. The Morgan fingerprint density at radius 1 is 1.33 bits per heavy atom. The lowest BCUT2D eigenvalue weighted by Crippen LogP contribution is -2.51. The van der Waals surface area contributed by atoms with Crippen molar-refractivity contribution in [1.29, 1.82) is 0 Å². The molecule has 2 rings (SSSR count). The molecule has 0 saturated heterocycles. The molecule has 15 heavy (non-hydrogen) atoms. The third-order valence-corrected chi connectivity index (χ3v) is 3.66. The van der Waals surface area contributed by atoms with Gasteiger partial charge in [0.25, 0.3) is 0 Å². The number of aryl methyl sites for hydroxylation is 1. The first-order chi connectivity index (χ1) is 7.13. The van der Waals surface area contributed by atoms with Gasteiger partial charge in [-0.2, -0.15) is 0 Å². The van der Waals surface area contributed by atoms with Crippen LogP contribution in [0.3, 0.4) is 0 Å². The third kappa shape index (κ3) is 1.98. The summed E-state index contributed by atoms with van der Waals surface area (Å²) in [6, 6.07) is 4.22. The third-order valence-electron chi connectivity index (χ3n) is 2.57. The number of aromatic amines is 1. The van der Waals surface area contributed by atoms with E-state index in [2.05, 4.69) is 61.6 Å². The summed E-state index contributed by atoms with van der Waals surface area (Å²) in [5, 5.41) is 1.29.